The topological polar surface area (TPSA) is 36.9 Å². The number of unbranched alkanes of at least 4 members (excludes halogenated alkanes) is 1. The van der Waals surface area contributed by atoms with Crippen molar-refractivity contribution in [3.05, 3.63) is 35.4 Å². The van der Waals surface area contributed by atoms with E-state index >= 15 is 0 Å². The number of hydrogen-bond acceptors (Lipinski definition) is 2. The molecule has 0 spiro atoms. The van der Waals surface area contributed by atoms with Crippen LogP contribution in [0.15, 0.2) is 29.3 Å². The van der Waals surface area contributed by atoms with Crippen LogP contribution in [0.4, 0.5) is 0 Å². The molecule has 5 heteroatoms. The van der Waals surface area contributed by atoms with E-state index in [1.165, 1.54) is 11.1 Å². The molecule has 0 heterocycles. The highest BCUT2D eigenvalue weighted by Gasteiger charge is 2.07. The largest absolute Gasteiger partial charge is 0.382 e. The van der Waals surface area contributed by atoms with E-state index in [-0.39, 0.29) is 24.0 Å². The van der Waals surface area contributed by atoms with Crippen LogP contribution in [0.3, 0.4) is 0 Å². The van der Waals surface area contributed by atoms with Crippen LogP contribution < -0.4 is 5.32 Å². The zero-order valence-electron chi connectivity index (χ0n) is 15.0. The molecule has 0 atom stereocenters. The summed E-state index contributed by atoms with van der Waals surface area (Å²) in [5.74, 6) is 0.974. The first-order chi connectivity index (χ1) is 10.7. The smallest absolute Gasteiger partial charge is 0.193 e. The van der Waals surface area contributed by atoms with Crippen molar-refractivity contribution in [1.82, 2.24) is 10.2 Å². The zero-order chi connectivity index (χ0) is 16.2. The van der Waals surface area contributed by atoms with Crippen molar-refractivity contribution in [2.75, 3.05) is 33.4 Å². The fourth-order valence-electron chi connectivity index (χ4n) is 2.23. The van der Waals surface area contributed by atoms with Crippen LogP contribution in [0.25, 0.3) is 0 Å². The number of benzene rings is 1. The molecule has 4 nitrogen and oxygen atoms in total. The standard InChI is InChI=1S/C18H31N3O.HI/c1-5-19-18(20-13-9-10-14-22-6-2)21(4)15-17-12-8-7-11-16(17)3;/h7-8,11-12H,5-6,9-10,13-15H2,1-4H3,(H,19,20);1H. The number of nitrogens with one attached hydrogen (secondary N) is 1. The number of aryl methyl sites for hydroxylation is 1. The minimum Gasteiger partial charge on any atom is -0.382 e. The summed E-state index contributed by atoms with van der Waals surface area (Å²) in [6.45, 7) is 10.5. The molecule has 132 valence electrons. The summed E-state index contributed by atoms with van der Waals surface area (Å²) in [6.07, 6.45) is 2.13. The normalized spacial score (nSPS) is 11.0. The van der Waals surface area contributed by atoms with Gasteiger partial charge in [-0.25, -0.2) is 0 Å². The average molecular weight is 433 g/mol. The summed E-state index contributed by atoms with van der Waals surface area (Å²) < 4.78 is 5.35. The van der Waals surface area contributed by atoms with E-state index in [1.54, 1.807) is 0 Å². The van der Waals surface area contributed by atoms with Gasteiger partial charge in [0, 0.05) is 39.9 Å². The minimum atomic E-state index is 0. The number of nitrogens with zero attached hydrogens (tertiary/aromatic N) is 2. The molecule has 23 heavy (non-hydrogen) atoms. The molecule has 0 amide bonds. The van der Waals surface area contributed by atoms with Gasteiger partial charge in [0.05, 0.1) is 0 Å². The third-order valence-electron chi connectivity index (χ3n) is 3.53. The predicted octanol–water partition coefficient (Wildman–Crippen LogP) is 3.83. The van der Waals surface area contributed by atoms with Gasteiger partial charge in [0.2, 0.25) is 0 Å². The molecule has 0 aromatic heterocycles. The first-order valence-electron chi connectivity index (χ1n) is 8.30. The van der Waals surface area contributed by atoms with Crippen molar-refractivity contribution in [3.8, 4) is 0 Å². The molecule has 0 saturated carbocycles. The predicted molar refractivity (Wildman–Crippen MR) is 110 cm³/mol. The Morgan fingerprint density at radius 2 is 1.96 bits per heavy atom. The van der Waals surface area contributed by atoms with Gasteiger partial charge in [0.15, 0.2) is 5.96 Å². The lowest BCUT2D eigenvalue weighted by molar-refractivity contribution is 0.144. The van der Waals surface area contributed by atoms with Crippen LogP contribution in [0, 0.1) is 6.92 Å². The van der Waals surface area contributed by atoms with E-state index in [2.05, 4.69) is 55.4 Å². The van der Waals surface area contributed by atoms with E-state index in [0.29, 0.717) is 0 Å². The average Bonchev–Trinajstić information content (AvgIpc) is 2.51. The van der Waals surface area contributed by atoms with E-state index in [1.807, 2.05) is 6.92 Å². The monoisotopic (exact) mass is 433 g/mol. The van der Waals surface area contributed by atoms with E-state index < -0.39 is 0 Å². The van der Waals surface area contributed by atoms with Crippen molar-refractivity contribution in [1.29, 1.82) is 0 Å². The molecule has 0 aliphatic heterocycles. The van der Waals surface area contributed by atoms with Crippen LogP contribution in [0.5, 0.6) is 0 Å². The van der Waals surface area contributed by atoms with Gasteiger partial charge in [-0.3, -0.25) is 4.99 Å². The first kappa shape index (κ1) is 22.2. The summed E-state index contributed by atoms with van der Waals surface area (Å²) in [6, 6.07) is 8.50. The number of ether oxygens (including phenoxy) is 1. The van der Waals surface area contributed by atoms with Gasteiger partial charge in [-0.15, -0.1) is 24.0 Å². The molecule has 1 N–H and O–H groups in total. The lowest BCUT2D eigenvalue weighted by Gasteiger charge is -2.23. The highest BCUT2D eigenvalue weighted by atomic mass is 127. The zero-order valence-corrected chi connectivity index (χ0v) is 17.3. The number of guanidine groups is 1. The lowest BCUT2D eigenvalue weighted by Crippen LogP contribution is -2.38. The number of halogens is 1. The first-order valence-corrected chi connectivity index (χ1v) is 8.30. The summed E-state index contributed by atoms with van der Waals surface area (Å²) in [5, 5.41) is 3.37. The molecule has 0 aliphatic carbocycles. The van der Waals surface area contributed by atoms with Gasteiger partial charge in [0.25, 0.3) is 0 Å². The van der Waals surface area contributed by atoms with Crippen LogP contribution in [0.2, 0.25) is 0 Å². The summed E-state index contributed by atoms with van der Waals surface area (Å²) in [7, 11) is 2.09. The van der Waals surface area contributed by atoms with Crippen molar-refractivity contribution >= 4 is 29.9 Å². The number of hydrogen-bond donors (Lipinski definition) is 1. The summed E-state index contributed by atoms with van der Waals surface area (Å²) >= 11 is 0. The fourth-order valence-corrected chi connectivity index (χ4v) is 2.23. The van der Waals surface area contributed by atoms with Crippen LogP contribution in [-0.2, 0) is 11.3 Å². The van der Waals surface area contributed by atoms with Crippen molar-refractivity contribution in [2.45, 2.75) is 40.2 Å². The highest BCUT2D eigenvalue weighted by molar-refractivity contribution is 14.0. The molecule has 1 rings (SSSR count). The van der Waals surface area contributed by atoms with Crippen molar-refractivity contribution in [3.63, 3.8) is 0 Å². The molecule has 1 aromatic carbocycles. The molecule has 0 unspecified atom stereocenters. The maximum Gasteiger partial charge on any atom is 0.193 e. The van der Waals surface area contributed by atoms with E-state index in [0.717, 1.165) is 51.6 Å². The molecule has 0 aliphatic rings. The van der Waals surface area contributed by atoms with E-state index in [9.17, 15) is 0 Å². The second kappa shape index (κ2) is 13.6. The summed E-state index contributed by atoms with van der Waals surface area (Å²) in [4.78, 5) is 6.90. The molecular formula is C18H32IN3O. The third kappa shape index (κ3) is 9.15. The quantitative estimate of drug-likeness (QED) is 0.278. The van der Waals surface area contributed by atoms with Gasteiger partial charge in [-0.1, -0.05) is 24.3 Å². The Kier molecular flexibility index (Phi) is 13.1. The van der Waals surface area contributed by atoms with Crippen LogP contribution >= 0.6 is 24.0 Å². The molecule has 0 bridgehead atoms. The van der Waals surface area contributed by atoms with Gasteiger partial charge in [0.1, 0.15) is 0 Å². The van der Waals surface area contributed by atoms with Gasteiger partial charge in [-0.2, -0.15) is 0 Å². The van der Waals surface area contributed by atoms with E-state index in [4.69, 9.17) is 9.73 Å². The Labute approximate surface area is 158 Å². The van der Waals surface area contributed by atoms with Gasteiger partial charge < -0.3 is 15.0 Å². The Hall–Kier alpha value is -0.820. The molecule has 0 radical (unpaired) electrons. The molecule has 0 fully saturated rings. The SMILES string of the molecule is CCNC(=NCCCCOCC)N(C)Cc1ccccc1C.I. The Bertz CT molecular complexity index is 452. The second-order valence-electron chi connectivity index (χ2n) is 5.42. The van der Waals surface area contributed by atoms with Gasteiger partial charge >= 0.3 is 0 Å². The molecule has 0 saturated heterocycles. The van der Waals surface area contributed by atoms with Crippen molar-refractivity contribution < 1.29 is 4.74 Å². The maximum absolute atomic E-state index is 5.35. The van der Waals surface area contributed by atoms with Crippen molar-refractivity contribution in [2.24, 2.45) is 4.99 Å². The number of rotatable bonds is 9. The second-order valence-corrected chi connectivity index (χ2v) is 5.42. The fraction of sp³-hybridized carbons (Fsp3) is 0.611. The Morgan fingerprint density at radius 1 is 1.22 bits per heavy atom. The summed E-state index contributed by atoms with van der Waals surface area (Å²) in [5.41, 5.74) is 2.66. The Morgan fingerprint density at radius 3 is 2.61 bits per heavy atom. The number of aliphatic imine (C=N–C) groups is 1. The van der Waals surface area contributed by atoms with Crippen LogP contribution in [0.1, 0.15) is 37.8 Å². The molecule has 1 aromatic rings. The Balaban J connectivity index is 0.00000484. The van der Waals surface area contributed by atoms with Crippen LogP contribution in [-0.4, -0.2) is 44.2 Å². The maximum atomic E-state index is 5.35. The van der Waals surface area contributed by atoms with Gasteiger partial charge in [-0.05, 0) is 44.7 Å². The molecular weight excluding hydrogens is 401 g/mol. The lowest BCUT2D eigenvalue weighted by atomic mass is 10.1. The third-order valence-corrected chi connectivity index (χ3v) is 3.53. The minimum absolute atomic E-state index is 0. The highest BCUT2D eigenvalue weighted by Crippen LogP contribution is 2.09.